The molecule has 4 aromatic heterocycles. The van der Waals surface area contributed by atoms with E-state index in [-0.39, 0.29) is 17.2 Å². The maximum Gasteiger partial charge on any atom is 0.259 e. The quantitative estimate of drug-likeness (QED) is 0.447. The number of carbonyl (C=O) groups is 1. The third kappa shape index (κ3) is 4.40. The van der Waals surface area contributed by atoms with Crippen molar-refractivity contribution in [1.82, 2.24) is 24.7 Å². The first kappa shape index (κ1) is 20.0. The molecular weight excluding hydrogens is 432 g/mol. The van der Waals surface area contributed by atoms with Crippen molar-refractivity contribution < 1.29 is 4.79 Å². The zero-order valence-electron chi connectivity index (χ0n) is 16.6. The Balaban J connectivity index is 1.15. The largest absolute Gasteiger partial charge is 0.309 e. The van der Waals surface area contributed by atoms with Gasteiger partial charge in [-0.1, -0.05) is 0 Å². The molecule has 31 heavy (non-hydrogen) atoms. The number of nitrogens with one attached hydrogen (secondary N) is 2. The topological polar surface area (TPSA) is 106 Å². The Hall–Kier alpha value is -2.98. The molecule has 0 radical (unpaired) electrons. The van der Waals surface area contributed by atoms with E-state index in [4.69, 9.17) is 0 Å². The predicted molar refractivity (Wildman–Crippen MR) is 123 cm³/mol. The van der Waals surface area contributed by atoms with Crippen LogP contribution in [0.5, 0.6) is 0 Å². The van der Waals surface area contributed by atoms with Crippen LogP contribution in [0.4, 0.5) is 5.82 Å². The summed E-state index contributed by atoms with van der Waals surface area (Å²) in [6.45, 7) is 0.612. The number of amides is 1. The number of aromatic amines is 1. The lowest BCUT2D eigenvalue weighted by Crippen LogP contribution is -2.16. The number of anilines is 1. The molecule has 0 fully saturated rings. The Labute approximate surface area is 186 Å². The Bertz CT molecular complexity index is 1290. The molecule has 0 atom stereocenters. The van der Waals surface area contributed by atoms with Crippen molar-refractivity contribution in [1.29, 1.82) is 0 Å². The monoisotopic (exact) mass is 452 g/mol. The zero-order valence-corrected chi connectivity index (χ0v) is 18.3. The minimum Gasteiger partial charge on any atom is -0.309 e. The van der Waals surface area contributed by atoms with Gasteiger partial charge in [0.1, 0.15) is 10.7 Å². The van der Waals surface area contributed by atoms with Crippen molar-refractivity contribution in [2.24, 2.45) is 0 Å². The number of thiophene rings is 1. The van der Waals surface area contributed by atoms with E-state index in [1.807, 2.05) is 18.3 Å². The van der Waals surface area contributed by atoms with Crippen LogP contribution in [-0.2, 0) is 29.9 Å². The Kier molecular flexibility index (Phi) is 5.56. The molecule has 4 heterocycles. The number of aryl methyl sites for hydroxylation is 2. The molecule has 8 nitrogen and oxygen atoms in total. The van der Waals surface area contributed by atoms with Gasteiger partial charge in [0.25, 0.3) is 5.56 Å². The van der Waals surface area contributed by atoms with Crippen molar-refractivity contribution >= 4 is 45.0 Å². The standard InChI is InChI=1S/C21H20N6O2S2/c28-18(23-16-6-9-27(26-16)10-13-4-7-22-8-5-13)12-30-11-17-24-20(29)19-14-2-1-3-15(14)31-21(19)25-17/h4-9H,1-3,10-12H2,(H,23,26,28)(H,24,25,29). The number of nitrogens with zero attached hydrogens (tertiary/aromatic N) is 4. The highest BCUT2D eigenvalue weighted by atomic mass is 32.2. The van der Waals surface area contributed by atoms with Crippen LogP contribution in [0.2, 0.25) is 0 Å². The molecule has 158 valence electrons. The van der Waals surface area contributed by atoms with E-state index in [0.717, 1.165) is 35.0 Å². The second kappa shape index (κ2) is 8.64. The van der Waals surface area contributed by atoms with Gasteiger partial charge in [-0.2, -0.15) is 5.10 Å². The van der Waals surface area contributed by atoms with Gasteiger partial charge in [-0.15, -0.1) is 23.1 Å². The van der Waals surface area contributed by atoms with Crippen molar-refractivity contribution in [2.75, 3.05) is 11.1 Å². The highest BCUT2D eigenvalue weighted by molar-refractivity contribution is 7.99. The summed E-state index contributed by atoms with van der Waals surface area (Å²) < 4.78 is 1.76. The van der Waals surface area contributed by atoms with Crippen LogP contribution in [0, 0.1) is 0 Å². The minimum atomic E-state index is -0.141. The molecule has 0 aliphatic heterocycles. The molecule has 10 heteroatoms. The van der Waals surface area contributed by atoms with Crippen molar-refractivity contribution in [3.63, 3.8) is 0 Å². The van der Waals surface area contributed by atoms with E-state index < -0.39 is 0 Å². The highest BCUT2D eigenvalue weighted by Gasteiger charge is 2.21. The number of fused-ring (bicyclic) bond motifs is 3. The Morgan fingerprint density at radius 1 is 1.26 bits per heavy atom. The third-order valence-corrected chi connectivity index (χ3v) is 7.23. The first-order valence-corrected chi connectivity index (χ1v) is 12.0. The number of hydrogen-bond donors (Lipinski definition) is 2. The van der Waals surface area contributed by atoms with Crippen molar-refractivity contribution in [3.05, 3.63) is 69.0 Å². The summed E-state index contributed by atoms with van der Waals surface area (Å²) in [5.41, 5.74) is 2.20. The van der Waals surface area contributed by atoms with E-state index >= 15 is 0 Å². The van der Waals surface area contributed by atoms with Crippen LogP contribution < -0.4 is 10.9 Å². The third-order valence-electron chi connectivity index (χ3n) is 5.10. The fourth-order valence-corrected chi connectivity index (χ4v) is 5.70. The Morgan fingerprint density at radius 2 is 2.13 bits per heavy atom. The summed E-state index contributed by atoms with van der Waals surface area (Å²) >= 11 is 3.03. The molecule has 0 spiro atoms. The lowest BCUT2D eigenvalue weighted by atomic mass is 10.2. The molecule has 0 unspecified atom stereocenters. The summed E-state index contributed by atoms with van der Waals surface area (Å²) in [7, 11) is 0. The van der Waals surface area contributed by atoms with Gasteiger partial charge in [-0.3, -0.25) is 19.3 Å². The van der Waals surface area contributed by atoms with Crippen LogP contribution in [0.3, 0.4) is 0 Å². The molecule has 1 aliphatic carbocycles. The van der Waals surface area contributed by atoms with Crippen LogP contribution in [0.1, 0.15) is 28.2 Å². The molecule has 1 amide bonds. The number of pyridine rings is 1. The lowest BCUT2D eigenvalue weighted by molar-refractivity contribution is -0.113. The van der Waals surface area contributed by atoms with E-state index in [1.165, 1.54) is 22.2 Å². The molecule has 0 aromatic carbocycles. The van der Waals surface area contributed by atoms with E-state index in [0.29, 0.717) is 23.9 Å². The molecule has 0 saturated heterocycles. The van der Waals surface area contributed by atoms with Gasteiger partial charge in [0, 0.05) is 29.5 Å². The van der Waals surface area contributed by atoms with Crippen molar-refractivity contribution in [3.8, 4) is 0 Å². The van der Waals surface area contributed by atoms with Gasteiger partial charge in [0.2, 0.25) is 5.91 Å². The second-order valence-electron chi connectivity index (χ2n) is 7.35. The van der Waals surface area contributed by atoms with Crippen LogP contribution in [0.25, 0.3) is 10.2 Å². The average Bonchev–Trinajstić information content (AvgIpc) is 3.45. The van der Waals surface area contributed by atoms with Crippen LogP contribution in [0.15, 0.2) is 41.6 Å². The molecule has 1 aliphatic rings. The predicted octanol–water partition coefficient (Wildman–Crippen LogP) is 2.99. The van der Waals surface area contributed by atoms with Crippen LogP contribution >= 0.6 is 23.1 Å². The highest BCUT2D eigenvalue weighted by Crippen LogP contribution is 2.34. The minimum absolute atomic E-state index is 0.0656. The first-order valence-electron chi connectivity index (χ1n) is 9.99. The Morgan fingerprint density at radius 3 is 3.00 bits per heavy atom. The summed E-state index contributed by atoms with van der Waals surface area (Å²) in [6, 6.07) is 5.62. The fourth-order valence-electron chi connectivity index (χ4n) is 3.73. The molecular formula is C21H20N6O2S2. The fraction of sp³-hybridized carbons (Fsp3) is 0.286. The van der Waals surface area contributed by atoms with E-state index in [1.54, 1.807) is 34.5 Å². The normalized spacial score (nSPS) is 12.9. The number of H-pyrrole nitrogens is 1. The first-order chi connectivity index (χ1) is 15.2. The zero-order chi connectivity index (χ0) is 21.2. The second-order valence-corrected chi connectivity index (χ2v) is 9.41. The summed E-state index contributed by atoms with van der Waals surface area (Å²) in [5, 5.41) is 7.94. The van der Waals surface area contributed by atoms with E-state index in [2.05, 4.69) is 25.4 Å². The van der Waals surface area contributed by atoms with Gasteiger partial charge in [-0.25, -0.2) is 4.98 Å². The lowest BCUT2D eigenvalue weighted by Gasteiger charge is -2.04. The van der Waals surface area contributed by atoms with Gasteiger partial charge in [0.15, 0.2) is 5.82 Å². The van der Waals surface area contributed by atoms with E-state index in [9.17, 15) is 9.59 Å². The number of thioether (sulfide) groups is 1. The van der Waals surface area contributed by atoms with Gasteiger partial charge >= 0.3 is 0 Å². The van der Waals surface area contributed by atoms with Gasteiger partial charge < -0.3 is 10.3 Å². The number of aromatic nitrogens is 5. The summed E-state index contributed by atoms with van der Waals surface area (Å²) in [5.74, 6) is 1.70. The maximum atomic E-state index is 12.5. The SMILES string of the molecule is O=C(CSCc1nc2sc3c(c2c(=O)[nH]1)CCC3)Nc1ccn(Cc2ccncc2)n1. The molecule has 4 aromatic rings. The molecule has 2 N–H and O–H groups in total. The van der Waals surface area contributed by atoms with Gasteiger partial charge in [-0.05, 0) is 42.5 Å². The smallest absolute Gasteiger partial charge is 0.259 e. The number of rotatable bonds is 7. The number of carbonyl (C=O) groups excluding carboxylic acids is 1. The number of hydrogen-bond acceptors (Lipinski definition) is 7. The summed E-state index contributed by atoms with van der Waals surface area (Å²) in [6.07, 6.45) is 8.43. The van der Waals surface area contributed by atoms with Crippen molar-refractivity contribution in [2.45, 2.75) is 31.6 Å². The molecule has 0 bridgehead atoms. The van der Waals surface area contributed by atoms with Gasteiger partial charge in [0.05, 0.1) is 23.4 Å². The average molecular weight is 453 g/mol. The van der Waals surface area contributed by atoms with Crippen LogP contribution in [-0.4, -0.2) is 36.4 Å². The summed E-state index contributed by atoms with van der Waals surface area (Å²) in [4.78, 5) is 38.4. The molecule has 0 saturated carbocycles. The molecule has 5 rings (SSSR count). The maximum absolute atomic E-state index is 12.5.